The van der Waals surface area contributed by atoms with Gasteiger partial charge in [0.25, 0.3) is 0 Å². The molecule has 0 saturated heterocycles. The minimum atomic E-state index is -0.955. The third kappa shape index (κ3) is 6.32. The van der Waals surface area contributed by atoms with Gasteiger partial charge in [-0.15, -0.1) is 0 Å². The lowest BCUT2D eigenvalue weighted by Gasteiger charge is -2.23. The summed E-state index contributed by atoms with van der Waals surface area (Å²) in [6.45, 7) is 5.18. The van der Waals surface area contributed by atoms with E-state index < -0.39 is 23.7 Å². The number of nitrogens with zero attached hydrogens (tertiary/aromatic N) is 1. The van der Waals surface area contributed by atoms with Crippen molar-refractivity contribution in [2.45, 2.75) is 38.8 Å². The Balaban J connectivity index is 2.94. The molecule has 0 saturated carbocycles. The molecule has 0 bridgehead atoms. The van der Waals surface area contributed by atoms with Crippen LogP contribution in [0.3, 0.4) is 0 Å². The second-order valence-corrected chi connectivity index (χ2v) is 6.18. The van der Waals surface area contributed by atoms with Gasteiger partial charge in [0.05, 0.1) is 19.2 Å². The number of amides is 1. The number of hydrogen-bond donors (Lipinski definition) is 1. The van der Waals surface area contributed by atoms with Gasteiger partial charge < -0.3 is 19.5 Å². The van der Waals surface area contributed by atoms with E-state index in [1.165, 1.54) is 20.4 Å². The van der Waals surface area contributed by atoms with Gasteiger partial charge in [-0.05, 0) is 26.8 Å². The van der Waals surface area contributed by atoms with Crippen molar-refractivity contribution in [1.29, 1.82) is 0 Å². The van der Waals surface area contributed by atoms with Crippen LogP contribution in [0.4, 0.5) is 4.79 Å². The van der Waals surface area contributed by atoms with Gasteiger partial charge in [-0.3, -0.25) is 0 Å². The Morgan fingerprint density at radius 3 is 2.52 bits per heavy atom. The molecule has 1 aromatic heterocycles. The maximum Gasteiger partial charge on any atom is 0.408 e. The molecule has 7 nitrogen and oxygen atoms in total. The molecule has 0 radical (unpaired) electrons. The lowest BCUT2D eigenvalue weighted by Crippen LogP contribution is -2.45. The number of halogens is 1. The van der Waals surface area contributed by atoms with E-state index in [0.29, 0.717) is 16.5 Å². The molecule has 0 spiro atoms. The molecule has 128 valence electrons. The molecule has 23 heavy (non-hydrogen) atoms. The molecule has 1 heterocycles. The molecule has 1 N–H and O–H groups in total. The normalized spacial score (nSPS) is 12.3. The van der Waals surface area contributed by atoms with Gasteiger partial charge in [0.15, 0.2) is 0 Å². The van der Waals surface area contributed by atoms with Gasteiger partial charge in [0.2, 0.25) is 5.88 Å². The molecular weight excluding hydrogens is 324 g/mol. The zero-order chi connectivity index (χ0) is 17.6. The maximum atomic E-state index is 11.9. The Morgan fingerprint density at radius 1 is 1.35 bits per heavy atom. The molecule has 0 aliphatic rings. The van der Waals surface area contributed by atoms with Crippen molar-refractivity contribution in [3.63, 3.8) is 0 Å². The Kier molecular flexibility index (Phi) is 6.62. The minimum Gasteiger partial charge on any atom is -0.481 e. The highest BCUT2D eigenvalue weighted by Crippen LogP contribution is 2.21. The standard InChI is InChI=1S/C15H21ClN2O5/c1-15(2,3)23-14(20)18-11(13(19)22-5)7-9-6-10(16)8-17-12(9)21-4/h6,8,11H,7H2,1-5H3,(H,18,20). The molecule has 1 amide bonds. The van der Waals surface area contributed by atoms with Crippen LogP contribution in [0.1, 0.15) is 26.3 Å². The van der Waals surface area contributed by atoms with Crippen molar-refractivity contribution in [3.05, 3.63) is 22.8 Å². The highest BCUT2D eigenvalue weighted by atomic mass is 35.5. The van der Waals surface area contributed by atoms with Gasteiger partial charge in [0, 0.05) is 18.2 Å². The monoisotopic (exact) mass is 344 g/mol. The molecule has 0 aliphatic carbocycles. The van der Waals surface area contributed by atoms with Crippen molar-refractivity contribution >= 4 is 23.7 Å². The van der Waals surface area contributed by atoms with Crippen LogP contribution in [-0.2, 0) is 20.7 Å². The first-order valence-electron chi connectivity index (χ1n) is 6.92. The first-order valence-corrected chi connectivity index (χ1v) is 7.30. The summed E-state index contributed by atoms with van der Waals surface area (Å²) in [6, 6.07) is 0.657. The van der Waals surface area contributed by atoms with Crippen LogP contribution < -0.4 is 10.1 Å². The molecule has 0 aromatic carbocycles. The lowest BCUT2D eigenvalue weighted by atomic mass is 10.1. The van der Waals surface area contributed by atoms with Gasteiger partial charge >= 0.3 is 12.1 Å². The fraction of sp³-hybridized carbons (Fsp3) is 0.533. The van der Waals surface area contributed by atoms with Gasteiger partial charge in [-0.1, -0.05) is 11.6 Å². The number of carbonyl (C=O) groups excluding carboxylic acids is 2. The van der Waals surface area contributed by atoms with Crippen molar-refractivity contribution in [2.75, 3.05) is 14.2 Å². The summed E-state index contributed by atoms with van der Waals surface area (Å²) in [5.41, 5.74) is -0.119. The molecule has 1 atom stereocenters. The largest absolute Gasteiger partial charge is 0.481 e. The zero-order valence-corrected chi connectivity index (χ0v) is 14.6. The summed E-state index contributed by atoms with van der Waals surface area (Å²) in [4.78, 5) is 27.8. The second-order valence-electron chi connectivity index (χ2n) is 5.75. The van der Waals surface area contributed by atoms with E-state index in [0.717, 1.165) is 0 Å². The Hall–Kier alpha value is -2.02. The van der Waals surface area contributed by atoms with Crippen LogP contribution in [0.15, 0.2) is 12.3 Å². The van der Waals surface area contributed by atoms with Crippen molar-refractivity contribution in [3.8, 4) is 5.88 Å². The van der Waals surface area contributed by atoms with E-state index in [2.05, 4.69) is 10.3 Å². The number of alkyl carbamates (subject to hydrolysis) is 1. The average molecular weight is 345 g/mol. The van der Waals surface area contributed by atoms with E-state index in [1.807, 2.05) is 0 Å². The molecule has 0 aliphatic heterocycles. The molecule has 1 rings (SSSR count). The van der Waals surface area contributed by atoms with E-state index in [1.54, 1.807) is 26.8 Å². The Morgan fingerprint density at radius 2 is 2.00 bits per heavy atom. The third-order valence-corrected chi connectivity index (χ3v) is 2.89. The number of pyridine rings is 1. The Bertz CT molecular complexity index is 571. The number of hydrogen-bond acceptors (Lipinski definition) is 6. The smallest absolute Gasteiger partial charge is 0.408 e. The average Bonchev–Trinajstić information content (AvgIpc) is 2.44. The van der Waals surface area contributed by atoms with Crippen LogP contribution in [0.5, 0.6) is 5.88 Å². The summed E-state index contributed by atoms with van der Waals surface area (Å²) >= 11 is 5.92. The maximum absolute atomic E-state index is 11.9. The van der Waals surface area contributed by atoms with Crippen LogP contribution >= 0.6 is 11.6 Å². The quantitative estimate of drug-likeness (QED) is 0.825. The van der Waals surface area contributed by atoms with E-state index in [4.69, 9.17) is 25.8 Å². The summed E-state index contributed by atoms with van der Waals surface area (Å²) in [5.74, 6) is -0.299. The van der Waals surface area contributed by atoms with Gasteiger partial charge in [-0.2, -0.15) is 0 Å². The fourth-order valence-corrected chi connectivity index (χ4v) is 1.98. The first-order chi connectivity index (χ1) is 10.7. The number of methoxy groups -OCH3 is 2. The second kappa shape index (κ2) is 8.01. The van der Waals surface area contributed by atoms with Crippen molar-refractivity contribution in [2.24, 2.45) is 0 Å². The molecule has 1 aromatic rings. The predicted octanol–water partition coefficient (Wildman–Crippen LogP) is 2.35. The lowest BCUT2D eigenvalue weighted by molar-refractivity contribution is -0.143. The highest BCUT2D eigenvalue weighted by molar-refractivity contribution is 6.30. The summed E-state index contributed by atoms with van der Waals surface area (Å²) < 4.78 is 15.0. The Labute approximate surface area is 140 Å². The number of carbonyl (C=O) groups is 2. The predicted molar refractivity (Wildman–Crippen MR) is 84.7 cm³/mol. The van der Waals surface area contributed by atoms with Crippen LogP contribution in [0.25, 0.3) is 0 Å². The first kappa shape index (κ1) is 19.0. The molecular formula is C15H21ClN2O5. The van der Waals surface area contributed by atoms with Crippen molar-refractivity contribution in [1.82, 2.24) is 10.3 Å². The number of esters is 1. The van der Waals surface area contributed by atoms with Crippen LogP contribution in [0, 0.1) is 0 Å². The van der Waals surface area contributed by atoms with E-state index in [9.17, 15) is 9.59 Å². The van der Waals surface area contributed by atoms with Crippen LogP contribution in [-0.4, -0.2) is 42.9 Å². The number of nitrogens with one attached hydrogen (secondary N) is 1. The summed E-state index contributed by atoms with van der Waals surface area (Å²) in [6.07, 6.45) is 0.808. The van der Waals surface area contributed by atoms with Gasteiger partial charge in [-0.25, -0.2) is 14.6 Å². The number of ether oxygens (including phenoxy) is 3. The molecule has 8 heteroatoms. The van der Waals surface area contributed by atoms with Gasteiger partial charge in [0.1, 0.15) is 11.6 Å². The minimum absolute atomic E-state index is 0.0999. The fourth-order valence-electron chi connectivity index (χ4n) is 1.80. The SMILES string of the molecule is COC(=O)C(Cc1cc(Cl)cnc1OC)NC(=O)OC(C)(C)C. The van der Waals surface area contributed by atoms with Crippen LogP contribution in [0.2, 0.25) is 5.02 Å². The zero-order valence-electron chi connectivity index (χ0n) is 13.8. The molecule has 1 unspecified atom stereocenters. The van der Waals surface area contributed by atoms with Crippen molar-refractivity contribution < 1.29 is 23.8 Å². The van der Waals surface area contributed by atoms with E-state index >= 15 is 0 Å². The number of aromatic nitrogens is 1. The third-order valence-electron chi connectivity index (χ3n) is 2.69. The van der Waals surface area contributed by atoms with E-state index in [-0.39, 0.29) is 6.42 Å². The molecule has 0 fully saturated rings. The summed E-state index contributed by atoms with van der Waals surface area (Å²) in [5, 5.41) is 2.87. The highest BCUT2D eigenvalue weighted by Gasteiger charge is 2.26. The topological polar surface area (TPSA) is 86.8 Å². The number of rotatable bonds is 5. The summed E-state index contributed by atoms with van der Waals surface area (Å²) in [7, 11) is 2.69.